The maximum atomic E-state index is 13.0. The molecule has 0 bridgehead atoms. The third kappa shape index (κ3) is 55.8. The van der Waals surface area contributed by atoms with Gasteiger partial charge in [0.25, 0.3) is 0 Å². The molecule has 0 aromatic rings. The number of unbranched alkanes of at least 4 members (excludes halogenated alkanes) is 32. The Balaban J connectivity index is 3.97. The minimum Gasteiger partial charge on any atom is -0.391 e. The fourth-order valence-electron chi connectivity index (χ4n) is 8.84. The van der Waals surface area contributed by atoms with Crippen LogP contribution in [0.5, 0.6) is 0 Å². The Hall–Kier alpha value is -1.80. The Kier molecular flexibility index (Phi) is 51.7. The van der Waals surface area contributed by atoms with Gasteiger partial charge in [-0.3, -0.25) is 13.8 Å². The first-order valence-corrected chi connectivity index (χ1v) is 31.6. The van der Waals surface area contributed by atoms with Crippen LogP contribution < -0.4 is 5.32 Å². The normalized spacial score (nSPS) is 14.3. The lowest BCUT2D eigenvalue weighted by Crippen LogP contribution is -2.46. The van der Waals surface area contributed by atoms with Crippen LogP contribution >= 0.6 is 7.82 Å². The standard InChI is InChI=1S/C62H117N2O6P/c1-6-8-10-12-14-16-18-20-22-23-24-25-26-27-28-29-30-31-32-33-34-35-36-37-38-39-40-41-42-44-46-48-50-52-54-56-62(66)63-60(59-70-71(67,68)69-58-57-64(3,4)5)61(65)55-53-51-49-47-45-43-21-19-17-15-13-11-9-7-2/h8,10,14,16,20,22,24-25,27-28,60-61,65H,6-7,9,11-13,15,17-19,21,23,26,29-59H2,1-5H3,(H-,63,66,67,68)/p+1/b10-8-,16-14-,22-20-,25-24-,28-27-. The topological polar surface area (TPSA) is 105 Å². The number of quaternary nitrogens is 1. The van der Waals surface area contributed by atoms with E-state index < -0.39 is 20.0 Å². The Morgan fingerprint density at radius 2 is 0.845 bits per heavy atom. The number of phosphoric acid groups is 1. The van der Waals surface area contributed by atoms with Gasteiger partial charge in [-0.15, -0.1) is 0 Å². The van der Waals surface area contributed by atoms with Crippen molar-refractivity contribution in [2.45, 2.75) is 289 Å². The van der Waals surface area contributed by atoms with Crippen LogP contribution in [0, 0.1) is 0 Å². The number of amides is 1. The van der Waals surface area contributed by atoms with Crippen LogP contribution in [0.15, 0.2) is 60.8 Å². The average molecular weight is 1020 g/mol. The van der Waals surface area contributed by atoms with Crippen LogP contribution in [0.4, 0.5) is 0 Å². The number of hydrogen-bond acceptors (Lipinski definition) is 5. The quantitative estimate of drug-likeness (QED) is 0.0243. The van der Waals surface area contributed by atoms with Crippen LogP contribution in [-0.2, 0) is 18.4 Å². The number of rotatable bonds is 55. The second-order valence-electron chi connectivity index (χ2n) is 21.7. The smallest absolute Gasteiger partial charge is 0.391 e. The molecule has 8 nitrogen and oxygen atoms in total. The van der Waals surface area contributed by atoms with E-state index >= 15 is 0 Å². The molecule has 0 aromatic carbocycles. The molecule has 3 atom stereocenters. The van der Waals surface area contributed by atoms with E-state index in [-0.39, 0.29) is 19.1 Å². The van der Waals surface area contributed by atoms with E-state index in [9.17, 15) is 19.4 Å². The minimum absolute atomic E-state index is 0.0751. The van der Waals surface area contributed by atoms with Crippen LogP contribution in [0.1, 0.15) is 277 Å². The van der Waals surface area contributed by atoms with E-state index in [1.807, 2.05) is 21.1 Å². The molecule has 0 aliphatic heterocycles. The number of phosphoric ester groups is 1. The molecule has 0 heterocycles. The highest BCUT2D eigenvalue weighted by Gasteiger charge is 2.28. The molecule has 3 N–H and O–H groups in total. The first-order valence-electron chi connectivity index (χ1n) is 30.2. The van der Waals surface area contributed by atoms with Crippen molar-refractivity contribution in [3.8, 4) is 0 Å². The first kappa shape index (κ1) is 69.2. The number of carbonyl (C=O) groups excluding carboxylic acids is 1. The highest BCUT2D eigenvalue weighted by Crippen LogP contribution is 2.43. The summed E-state index contributed by atoms with van der Waals surface area (Å²) in [6.07, 6.45) is 71.5. The molecule has 0 spiro atoms. The van der Waals surface area contributed by atoms with E-state index in [4.69, 9.17) is 9.05 Å². The van der Waals surface area contributed by atoms with E-state index in [2.05, 4.69) is 79.9 Å². The predicted octanol–water partition coefficient (Wildman–Crippen LogP) is 18.5. The lowest BCUT2D eigenvalue weighted by atomic mass is 10.0. The predicted molar refractivity (Wildman–Crippen MR) is 309 cm³/mol. The summed E-state index contributed by atoms with van der Waals surface area (Å²) in [5.41, 5.74) is 0. The van der Waals surface area contributed by atoms with Gasteiger partial charge in [-0.1, -0.05) is 274 Å². The van der Waals surface area contributed by atoms with Gasteiger partial charge in [-0.05, 0) is 57.8 Å². The van der Waals surface area contributed by atoms with Crippen molar-refractivity contribution in [1.82, 2.24) is 5.32 Å². The van der Waals surface area contributed by atoms with E-state index in [1.54, 1.807) is 0 Å². The average Bonchev–Trinajstić information content (AvgIpc) is 3.33. The first-order chi connectivity index (χ1) is 34.5. The van der Waals surface area contributed by atoms with E-state index in [1.165, 1.54) is 180 Å². The van der Waals surface area contributed by atoms with Crippen LogP contribution in [0.2, 0.25) is 0 Å². The van der Waals surface area contributed by atoms with Gasteiger partial charge in [0.2, 0.25) is 5.91 Å². The number of nitrogens with zero attached hydrogens (tertiary/aromatic N) is 1. The van der Waals surface area contributed by atoms with Gasteiger partial charge >= 0.3 is 7.82 Å². The number of likely N-dealkylation sites (N-methyl/N-ethyl adjacent to an activating group) is 1. The zero-order valence-electron chi connectivity index (χ0n) is 47.5. The van der Waals surface area contributed by atoms with Crippen LogP contribution in [0.3, 0.4) is 0 Å². The molecule has 416 valence electrons. The molecule has 1 amide bonds. The molecule has 9 heteroatoms. The van der Waals surface area contributed by atoms with E-state index in [0.29, 0.717) is 23.9 Å². The lowest BCUT2D eigenvalue weighted by molar-refractivity contribution is -0.870. The van der Waals surface area contributed by atoms with Crippen molar-refractivity contribution in [1.29, 1.82) is 0 Å². The van der Waals surface area contributed by atoms with Gasteiger partial charge in [-0.25, -0.2) is 4.57 Å². The summed E-state index contributed by atoms with van der Waals surface area (Å²) < 4.78 is 23.8. The molecule has 3 unspecified atom stereocenters. The number of aliphatic hydroxyl groups is 1. The number of hydrogen-bond donors (Lipinski definition) is 3. The summed E-state index contributed by atoms with van der Waals surface area (Å²) in [7, 11) is 1.62. The Bertz CT molecular complexity index is 1340. The number of carbonyl (C=O) groups is 1. The molecule has 0 saturated heterocycles. The van der Waals surface area contributed by atoms with Gasteiger partial charge < -0.3 is 19.8 Å². The van der Waals surface area contributed by atoms with Crippen molar-refractivity contribution >= 4 is 13.7 Å². The van der Waals surface area contributed by atoms with Gasteiger partial charge in [0, 0.05) is 6.42 Å². The van der Waals surface area contributed by atoms with Crippen molar-refractivity contribution in [2.24, 2.45) is 0 Å². The Morgan fingerprint density at radius 1 is 0.493 bits per heavy atom. The highest BCUT2D eigenvalue weighted by molar-refractivity contribution is 7.47. The molecule has 0 rings (SSSR count). The van der Waals surface area contributed by atoms with Gasteiger partial charge in [0.15, 0.2) is 0 Å². The largest absolute Gasteiger partial charge is 0.472 e. The molecular formula is C62H118N2O6P+. The van der Waals surface area contributed by atoms with Gasteiger partial charge in [0.1, 0.15) is 13.2 Å². The zero-order valence-corrected chi connectivity index (χ0v) is 48.4. The van der Waals surface area contributed by atoms with Crippen molar-refractivity contribution in [3.63, 3.8) is 0 Å². The fourth-order valence-corrected chi connectivity index (χ4v) is 9.58. The third-order valence-corrected chi connectivity index (χ3v) is 14.5. The maximum absolute atomic E-state index is 13.0. The molecule has 0 radical (unpaired) electrons. The number of allylic oxidation sites excluding steroid dienone is 10. The zero-order chi connectivity index (χ0) is 52.0. The fraction of sp³-hybridized carbons (Fsp3) is 0.823. The summed E-state index contributed by atoms with van der Waals surface area (Å²) in [5, 5.41) is 14.0. The summed E-state index contributed by atoms with van der Waals surface area (Å²) >= 11 is 0. The number of nitrogens with one attached hydrogen (secondary N) is 1. The summed E-state index contributed by atoms with van der Waals surface area (Å²) in [4.78, 5) is 23.3. The number of aliphatic hydroxyl groups excluding tert-OH is 1. The summed E-state index contributed by atoms with van der Waals surface area (Å²) in [6.45, 7) is 4.79. The Labute approximate surface area is 441 Å². The summed E-state index contributed by atoms with van der Waals surface area (Å²) in [6, 6.07) is -0.760. The second-order valence-corrected chi connectivity index (χ2v) is 23.2. The maximum Gasteiger partial charge on any atom is 0.472 e. The molecule has 0 aromatic heterocycles. The second kappa shape index (κ2) is 53.0. The van der Waals surface area contributed by atoms with Crippen molar-refractivity contribution < 1.29 is 32.9 Å². The molecule has 0 saturated carbocycles. The summed E-state index contributed by atoms with van der Waals surface area (Å²) in [5.74, 6) is -0.142. The molecule has 71 heavy (non-hydrogen) atoms. The lowest BCUT2D eigenvalue weighted by Gasteiger charge is -2.26. The third-order valence-electron chi connectivity index (χ3n) is 13.5. The molecule has 0 aliphatic rings. The highest BCUT2D eigenvalue weighted by atomic mass is 31.2. The van der Waals surface area contributed by atoms with Gasteiger partial charge in [-0.2, -0.15) is 0 Å². The van der Waals surface area contributed by atoms with Crippen LogP contribution in [-0.4, -0.2) is 73.4 Å². The van der Waals surface area contributed by atoms with Gasteiger partial charge in [0.05, 0.1) is 39.9 Å². The SMILES string of the molecule is CC/C=C\C/C=C\C/C=C\C/C=C\C/C=C\CCCCCCCCCCCCCCCCCCCCCC(=O)NC(COP(=O)(O)OCC[N+](C)(C)C)C(O)CCCCCCCCCCCCCCCC. The minimum atomic E-state index is -4.32. The molecular weight excluding hydrogens is 900 g/mol. The molecule has 0 fully saturated rings. The van der Waals surface area contributed by atoms with Crippen LogP contribution in [0.25, 0.3) is 0 Å². The molecule has 0 aliphatic carbocycles. The van der Waals surface area contributed by atoms with E-state index in [0.717, 1.165) is 70.6 Å². The van der Waals surface area contributed by atoms with Crippen molar-refractivity contribution in [2.75, 3.05) is 40.9 Å². The van der Waals surface area contributed by atoms with Crippen molar-refractivity contribution in [3.05, 3.63) is 60.8 Å². The Morgan fingerprint density at radius 3 is 1.24 bits per heavy atom. The monoisotopic (exact) mass is 1020 g/mol.